The van der Waals surface area contributed by atoms with Crippen molar-refractivity contribution in [3.8, 4) is 0 Å². The summed E-state index contributed by atoms with van der Waals surface area (Å²) < 4.78 is 38.3. The van der Waals surface area contributed by atoms with Gasteiger partial charge in [0.15, 0.2) is 0 Å². The van der Waals surface area contributed by atoms with Crippen LogP contribution in [-0.2, 0) is 17.4 Å². The molecule has 0 aliphatic carbocycles. The van der Waals surface area contributed by atoms with Crippen LogP contribution in [0.3, 0.4) is 0 Å². The van der Waals surface area contributed by atoms with Gasteiger partial charge in [0.25, 0.3) is 0 Å². The quantitative estimate of drug-likeness (QED) is 0.593. The van der Waals surface area contributed by atoms with E-state index in [1.165, 1.54) is 6.07 Å². The van der Waals surface area contributed by atoms with Crippen molar-refractivity contribution in [2.45, 2.75) is 23.9 Å². The predicted octanol–water partition coefficient (Wildman–Crippen LogP) is 4.78. The number of thioether (sulfide) groups is 1. The zero-order chi connectivity index (χ0) is 18.0. The van der Waals surface area contributed by atoms with Crippen molar-refractivity contribution in [1.29, 1.82) is 0 Å². The summed E-state index contributed by atoms with van der Waals surface area (Å²) in [6.07, 6.45) is -2.74. The van der Waals surface area contributed by atoms with Crippen LogP contribution in [0, 0.1) is 0 Å². The number of anilines is 2. The summed E-state index contributed by atoms with van der Waals surface area (Å²) in [5.41, 5.74) is 7.71. The van der Waals surface area contributed by atoms with Crippen molar-refractivity contribution in [3.63, 3.8) is 0 Å². The molecule has 3 nitrogen and oxygen atoms in total. The van der Waals surface area contributed by atoms with Crippen molar-refractivity contribution >= 4 is 41.5 Å². The first-order valence-corrected chi connectivity index (χ1v) is 8.82. The number of nitrogen functional groups attached to an aromatic ring is 1. The molecule has 2 N–H and O–H groups in total. The maximum absolute atomic E-state index is 12.8. The molecule has 0 atom stereocenters. The van der Waals surface area contributed by atoms with Crippen molar-refractivity contribution in [2.24, 2.45) is 0 Å². The summed E-state index contributed by atoms with van der Waals surface area (Å²) in [6.45, 7) is 0.596. The monoisotopic (exact) mass is 402 g/mol. The molecule has 0 radical (unpaired) electrons. The Hall–Kier alpha value is -1.86. The molecule has 0 aromatic heterocycles. The van der Waals surface area contributed by atoms with Gasteiger partial charge >= 0.3 is 6.18 Å². The standard InChI is InChI=1S/C18H17F3N2OS.ClH/c19-18(20,21)12-4-1-5-13(10-12)25-11-17(24)23-9-3-6-14-15(22)7-2-8-16(14)23;/h1-2,4-5,7-8,10H,3,6,9,11,22H2;1H. The molecular formula is C18H18ClF3N2OS. The second-order valence-electron chi connectivity index (χ2n) is 5.81. The van der Waals surface area contributed by atoms with Crippen LogP contribution in [0.15, 0.2) is 47.4 Å². The second kappa shape index (κ2) is 8.22. The van der Waals surface area contributed by atoms with Crippen LogP contribution >= 0.6 is 24.2 Å². The van der Waals surface area contributed by atoms with Gasteiger partial charge in [-0.3, -0.25) is 4.79 Å². The number of carbonyl (C=O) groups excluding carboxylic acids is 1. The van der Waals surface area contributed by atoms with Crippen molar-refractivity contribution in [2.75, 3.05) is 22.9 Å². The van der Waals surface area contributed by atoms with Crippen LogP contribution in [0.25, 0.3) is 0 Å². The van der Waals surface area contributed by atoms with E-state index < -0.39 is 11.7 Å². The Bertz CT molecular complexity index is 798. The molecule has 0 saturated heterocycles. The van der Waals surface area contributed by atoms with E-state index in [0.717, 1.165) is 48.0 Å². The fourth-order valence-corrected chi connectivity index (χ4v) is 3.73. The Labute approximate surface area is 160 Å². The number of fused-ring (bicyclic) bond motifs is 1. The molecule has 26 heavy (non-hydrogen) atoms. The number of rotatable bonds is 3. The fraction of sp³-hybridized carbons (Fsp3) is 0.278. The number of hydrogen-bond donors (Lipinski definition) is 1. The van der Waals surface area contributed by atoms with Gasteiger partial charge in [-0.15, -0.1) is 24.2 Å². The van der Waals surface area contributed by atoms with Gasteiger partial charge < -0.3 is 10.6 Å². The average molecular weight is 403 g/mol. The number of benzene rings is 2. The maximum atomic E-state index is 12.8. The highest BCUT2D eigenvalue weighted by atomic mass is 35.5. The van der Waals surface area contributed by atoms with Gasteiger partial charge in [0.2, 0.25) is 5.91 Å². The molecule has 1 amide bonds. The molecule has 2 aromatic carbocycles. The Morgan fingerprint density at radius 1 is 1.19 bits per heavy atom. The van der Waals surface area contributed by atoms with E-state index >= 15 is 0 Å². The molecule has 2 aromatic rings. The highest BCUT2D eigenvalue weighted by Crippen LogP contribution is 2.34. The van der Waals surface area contributed by atoms with E-state index in [1.807, 2.05) is 12.1 Å². The number of alkyl halides is 3. The van der Waals surface area contributed by atoms with Crippen LogP contribution in [0.2, 0.25) is 0 Å². The van der Waals surface area contributed by atoms with Crippen LogP contribution in [-0.4, -0.2) is 18.2 Å². The smallest absolute Gasteiger partial charge is 0.398 e. The first kappa shape index (κ1) is 20.5. The molecular weight excluding hydrogens is 385 g/mol. The number of hydrogen-bond acceptors (Lipinski definition) is 3. The Morgan fingerprint density at radius 2 is 1.92 bits per heavy atom. The predicted molar refractivity (Wildman–Crippen MR) is 101 cm³/mol. The minimum Gasteiger partial charge on any atom is -0.398 e. The molecule has 0 saturated carbocycles. The SMILES string of the molecule is Cl.Nc1cccc2c1CCCN2C(=O)CSc1cccc(C(F)(F)F)c1. The first-order chi connectivity index (χ1) is 11.9. The van der Waals surface area contributed by atoms with Gasteiger partial charge in [0.05, 0.1) is 11.3 Å². The van der Waals surface area contributed by atoms with Crippen molar-refractivity contribution < 1.29 is 18.0 Å². The lowest BCUT2D eigenvalue weighted by molar-refractivity contribution is -0.137. The second-order valence-corrected chi connectivity index (χ2v) is 6.86. The van der Waals surface area contributed by atoms with Crippen LogP contribution in [0.5, 0.6) is 0 Å². The zero-order valence-corrected chi connectivity index (χ0v) is 15.4. The van der Waals surface area contributed by atoms with Crippen molar-refractivity contribution in [1.82, 2.24) is 0 Å². The summed E-state index contributed by atoms with van der Waals surface area (Å²) in [4.78, 5) is 14.7. The maximum Gasteiger partial charge on any atom is 0.416 e. The molecule has 0 spiro atoms. The summed E-state index contributed by atoms with van der Waals surface area (Å²) >= 11 is 1.11. The van der Waals surface area contributed by atoms with Crippen molar-refractivity contribution in [3.05, 3.63) is 53.6 Å². The molecule has 3 rings (SSSR count). The topological polar surface area (TPSA) is 46.3 Å². The van der Waals surface area contributed by atoms with Gasteiger partial charge in [-0.1, -0.05) is 12.1 Å². The average Bonchev–Trinajstić information content (AvgIpc) is 2.59. The third-order valence-corrected chi connectivity index (χ3v) is 5.09. The molecule has 0 bridgehead atoms. The third kappa shape index (κ3) is 4.45. The van der Waals surface area contributed by atoms with E-state index in [4.69, 9.17) is 5.73 Å². The molecule has 0 fully saturated rings. The molecule has 1 aliphatic heterocycles. The third-order valence-electron chi connectivity index (χ3n) is 4.11. The Balaban J connectivity index is 0.00000243. The Morgan fingerprint density at radius 3 is 2.65 bits per heavy atom. The summed E-state index contributed by atoms with van der Waals surface area (Å²) in [5, 5.41) is 0. The van der Waals surface area contributed by atoms with Crippen LogP contribution in [0.1, 0.15) is 17.5 Å². The van der Waals surface area contributed by atoms with Gasteiger partial charge in [0.1, 0.15) is 0 Å². The lowest BCUT2D eigenvalue weighted by Gasteiger charge is -2.30. The lowest BCUT2D eigenvalue weighted by Crippen LogP contribution is -2.36. The fourth-order valence-electron chi connectivity index (χ4n) is 2.90. The normalized spacial score (nSPS) is 13.7. The number of carbonyl (C=O) groups is 1. The largest absolute Gasteiger partial charge is 0.416 e. The van der Waals surface area contributed by atoms with E-state index in [2.05, 4.69) is 0 Å². The van der Waals surface area contributed by atoms with Crippen LogP contribution < -0.4 is 10.6 Å². The summed E-state index contributed by atoms with van der Waals surface area (Å²) in [6, 6.07) is 10.5. The van der Waals surface area contributed by atoms with E-state index in [-0.39, 0.29) is 24.1 Å². The zero-order valence-electron chi connectivity index (χ0n) is 13.8. The Kier molecular flexibility index (Phi) is 6.47. The lowest BCUT2D eigenvalue weighted by atomic mass is 10.00. The minimum atomic E-state index is -4.39. The van der Waals surface area contributed by atoms with Crippen LogP contribution in [0.4, 0.5) is 24.5 Å². The molecule has 140 valence electrons. The van der Waals surface area contributed by atoms with Gasteiger partial charge in [-0.25, -0.2) is 0 Å². The molecule has 1 heterocycles. The molecule has 1 aliphatic rings. The van der Waals surface area contributed by atoms with E-state index in [9.17, 15) is 18.0 Å². The summed E-state index contributed by atoms with van der Waals surface area (Å²) in [5.74, 6) is -0.0517. The summed E-state index contributed by atoms with van der Waals surface area (Å²) in [7, 11) is 0. The number of halogens is 4. The highest BCUT2D eigenvalue weighted by Gasteiger charge is 2.30. The van der Waals surface area contributed by atoms with Gasteiger partial charge in [-0.2, -0.15) is 13.2 Å². The first-order valence-electron chi connectivity index (χ1n) is 7.84. The number of nitrogens with two attached hydrogens (primary N) is 1. The minimum absolute atomic E-state index is 0. The van der Waals surface area contributed by atoms with Gasteiger partial charge in [-0.05, 0) is 48.7 Å². The molecule has 0 unspecified atom stereocenters. The van der Waals surface area contributed by atoms with Gasteiger partial charge in [0, 0.05) is 22.8 Å². The van der Waals surface area contributed by atoms with E-state index in [1.54, 1.807) is 17.0 Å². The number of amides is 1. The molecule has 8 heteroatoms. The van der Waals surface area contributed by atoms with E-state index in [0.29, 0.717) is 17.1 Å². The number of nitrogens with zero attached hydrogens (tertiary/aromatic N) is 1. The highest BCUT2D eigenvalue weighted by molar-refractivity contribution is 8.00.